The van der Waals surface area contributed by atoms with Crippen molar-refractivity contribution in [1.82, 2.24) is 10.3 Å². The van der Waals surface area contributed by atoms with Crippen LogP contribution >= 0.6 is 0 Å². The van der Waals surface area contributed by atoms with E-state index in [-0.39, 0.29) is 12.6 Å². The molecular formula is C8H10N2O3. The van der Waals surface area contributed by atoms with Crippen LogP contribution in [-0.4, -0.2) is 28.1 Å². The number of hydrogen-bond donors (Lipinski definition) is 3. The van der Waals surface area contributed by atoms with Crippen LogP contribution in [0.15, 0.2) is 6.07 Å². The molecule has 5 heteroatoms. The Morgan fingerprint density at radius 3 is 3.00 bits per heavy atom. The van der Waals surface area contributed by atoms with Crippen LogP contribution in [0, 0.1) is 6.92 Å². The highest BCUT2D eigenvalue weighted by Crippen LogP contribution is 2.26. The van der Waals surface area contributed by atoms with Crippen molar-refractivity contribution in [1.29, 1.82) is 0 Å². The monoisotopic (exact) mass is 184 g/mol. The van der Waals surface area contributed by atoms with Gasteiger partial charge in [-0.25, -0.2) is 4.98 Å². The molecule has 0 unspecified atom stereocenters. The largest absolute Gasteiger partial charge is 0.503 e. The molecule has 70 valence electrons. The zero-order valence-electron chi connectivity index (χ0n) is 8.03. The summed E-state index contributed by atoms with van der Waals surface area (Å²) in [6.45, 7) is 1.58. The highest BCUT2D eigenvalue weighted by atomic mass is 16.3. The Labute approximate surface area is 76.5 Å². The summed E-state index contributed by atoms with van der Waals surface area (Å²) in [5, 5.41) is 20.6. The van der Waals surface area contributed by atoms with E-state index in [0.717, 1.165) is 0 Å². The van der Waals surface area contributed by atoms with Gasteiger partial charge in [-0.15, -0.1) is 0 Å². The molecule has 0 aliphatic carbocycles. The maximum absolute atomic E-state index is 11.2. The number of pyridine rings is 1. The molecule has 0 saturated heterocycles. The Morgan fingerprint density at radius 1 is 1.69 bits per heavy atom. The fourth-order valence-electron chi connectivity index (χ4n) is 0.918. The normalized spacial score (nSPS) is 10.7. The van der Waals surface area contributed by atoms with E-state index in [4.69, 9.17) is 6.48 Å². The predicted molar refractivity (Wildman–Crippen MR) is 45.7 cm³/mol. The summed E-state index contributed by atoms with van der Waals surface area (Å²) >= 11 is 0. The van der Waals surface area contributed by atoms with Crippen molar-refractivity contribution in [2.45, 2.75) is 6.92 Å². The molecule has 3 N–H and O–H groups in total. The molecule has 0 spiro atoms. The highest BCUT2D eigenvalue weighted by molar-refractivity contribution is 5.97. The zero-order chi connectivity index (χ0) is 10.7. The number of aromatic hydroxyl groups is 2. The van der Waals surface area contributed by atoms with Crippen molar-refractivity contribution in [2.75, 3.05) is 7.02 Å². The molecule has 1 aromatic rings. The molecule has 0 aromatic carbocycles. The van der Waals surface area contributed by atoms with Crippen LogP contribution in [-0.2, 0) is 0 Å². The molecule has 0 aliphatic rings. The lowest BCUT2D eigenvalue weighted by atomic mass is 10.2. The first kappa shape index (κ1) is 7.85. The van der Waals surface area contributed by atoms with Crippen LogP contribution in [0.25, 0.3) is 0 Å². The Bertz CT molecular complexity index is 368. The maximum atomic E-state index is 11.2. The molecule has 1 aromatic heterocycles. The van der Waals surface area contributed by atoms with Gasteiger partial charge in [0, 0.05) is 14.1 Å². The number of aromatic nitrogens is 1. The summed E-state index contributed by atoms with van der Waals surface area (Å²) in [6.07, 6.45) is 0. The Balaban J connectivity index is 3.13. The molecule has 0 saturated carbocycles. The lowest BCUT2D eigenvalue weighted by molar-refractivity contribution is 0.0959. The summed E-state index contributed by atoms with van der Waals surface area (Å²) < 4.78 is 6.77. The maximum Gasteiger partial charge on any atom is 0.255 e. The van der Waals surface area contributed by atoms with E-state index >= 15 is 0 Å². The molecule has 13 heavy (non-hydrogen) atoms. The van der Waals surface area contributed by atoms with Gasteiger partial charge in [-0.3, -0.25) is 4.79 Å². The fraction of sp³-hybridized carbons (Fsp3) is 0.250. The van der Waals surface area contributed by atoms with E-state index in [9.17, 15) is 9.90 Å². The number of aryl methyl sites for hydroxylation is 1. The van der Waals surface area contributed by atoms with E-state index in [1.165, 1.54) is 6.07 Å². The van der Waals surface area contributed by atoms with Crippen LogP contribution in [0.5, 0.6) is 11.6 Å². The molecule has 1 heterocycles. The SMILES string of the molecule is [3H]CNC(=O)c1cc(C)nc(O)c1O. The first-order chi connectivity index (χ1) is 6.56. The van der Waals surface area contributed by atoms with Gasteiger partial charge in [0.05, 0.1) is 5.56 Å². The van der Waals surface area contributed by atoms with Crippen molar-refractivity contribution < 1.29 is 16.4 Å². The van der Waals surface area contributed by atoms with Gasteiger partial charge in [0.15, 0.2) is 5.75 Å². The second-order valence-corrected chi connectivity index (χ2v) is 2.49. The Kier molecular flexibility index (Phi) is 1.99. The second kappa shape index (κ2) is 3.30. The Hall–Kier alpha value is -1.78. The first-order valence-electron chi connectivity index (χ1n) is 4.24. The number of carbonyl (C=O) groups excluding carboxylic acids is 1. The number of nitrogens with zero attached hydrogens (tertiary/aromatic N) is 1. The summed E-state index contributed by atoms with van der Waals surface area (Å²) in [6, 6.07) is 1.33. The van der Waals surface area contributed by atoms with Crippen LogP contribution in [0.2, 0.25) is 0 Å². The zero-order valence-corrected chi connectivity index (χ0v) is 7.03. The van der Waals surface area contributed by atoms with Crippen LogP contribution in [0.1, 0.15) is 17.4 Å². The molecule has 0 bridgehead atoms. The molecule has 5 nitrogen and oxygen atoms in total. The molecule has 1 rings (SSSR count). The summed E-state index contributed by atoms with van der Waals surface area (Å²) in [7, 11) is -0.291. The number of carbonyl (C=O) groups is 1. The topological polar surface area (TPSA) is 82.5 Å². The quantitative estimate of drug-likeness (QED) is 0.580. The van der Waals surface area contributed by atoms with E-state index in [1.54, 1.807) is 6.92 Å². The van der Waals surface area contributed by atoms with Gasteiger partial charge < -0.3 is 15.5 Å². The molecule has 0 atom stereocenters. The van der Waals surface area contributed by atoms with Crippen LogP contribution in [0.4, 0.5) is 0 Å². The number of hydrogen-bond acceptors (Lipinski definition) is 4. The fourth-order valence-corrected chi connectivity index (χ4v) is 0.918. The van der Waals surface area contributed by atoms with Gasteiger partial charge in [0.1, 0.15) is 0 Å². The minimum atomic E-state index is -0.613. The van der Waals surface area contributed by atoms with E-state index < -0.39 is 17.5 Å². The Morgan fingerprint density at radius 2 is 2.38 bits per heavy atom. The average Bonchev–Trinajstić information content (AvgIpc) is 2.11. The molecule has 0 aliphatic heterocycles. The van der Waals surface area contributed by atoms with Crippen LogP contribution in [0.3, 0.4) is 0 Å². The minimum Gasteiger partial charge on any atom is -0.503 e. The van der Waals surface area contributed by atoms with Crippen LogP contribution < -0.4 is 5.32 Å². The smallest absolute Gasteiger partial charge is 0.255 e. The summed E-state index contributed by atoms with van der Waals surface area (Å²) in [5.74, 6) is -1.76. The standard InChI is InChI=1S/C8H10N2O3/c1-4-3-5(7(12)9-2)6(11)8(13)10-4/h3,11H,1-2H3,(H,9,12)(H,10,13)/i2T. The number of rotatable bonds is 1. The summed E-state index contributed by atoms with van der Waals surface area (Å²) in [4.78, 5) is 14.8. The van der Waals surface area contributed by atoms with Gasteiger partial charge in [0.2, 0.25) is 0 Å². The van der Waals surface area contributed by atoms with Gasteiger partial charge in [-0.2, -0.15) is 0 Å². The molecule has 1 amide bonds. The minimum absolute atomic E-state index is 0.0812. The van der Waals surface area contributed by atoms with E-state index in [0.29, 0.717) is 5.69 Å². The first-order valence-corrected chi connectivity index (χ1v) is 3.53. The average molecular weight is 184 g/mol. The third-order valence-electron chi connectivity index (χ3n) is 1.51. The van der Waals surface area contributed by atoms with E-state index in [1.807, 2.05) is 0 Å². The highest BCUT2D eigenvalue weighted by Gasteiger charge is 2.14. The van der Waals surface area contributed by atoms with Crippen molar-refractivity contribution >= 4 is 5.91 Å². The van der Waals surface area contributed by atoms with E-state index in [2.05, 4.69) is 10.3 Å². The summed E-state index contributed by atoms with van der Waals surface area (Å²) in [5.41, 5.74) is 0.331. The third-order valence-corrected chi connectivity index (χ3v) is 1.51. The molecular weight excluding hydrogens is 172 g/mol. The predicted octanol–water partition coefficient (Wildman–Crippen LogP) is 0.161. The van der Waals surface area contributed by atoms with Crippen molar-refractivity contribution in [2.24, 2.45) is 0 Å². The lowest BCUT2D eigenvalue weighted by Gasteiger charge is -2.04. The van der Waals surface area contributed by atoms with Crippen molar-refractivity contribution in [3.63, 3.8) is 0 Å². The molecule has 0 radical (unpaired) electrons. The number of amides is 1. The lowest BCUT2D eigenvalue weighted by Crippen LogP contribution is -2.18. The molecule has 0 fully saturated rings. The second-order valence-electron chi connectivity index (χ2n) is 2.49. The van der Waals surface area contributed by atoms with Gasteiger partial charge >= 0.3 is 0 Å². The van der Waals surface area contributed by atoms with Crippen molar-refractivity contribution in [3.8, 4) is 11.6 Å². The van der Waals surface area contributed by atoms with Gasteiger partial charge in [-0.1, -0.05) is 0 Å². The third kappa shape index (κ3) is 1.69. The van der Waals surface area contributed by atoms with Gasteiger partial charge in [-0.05, 0) is 13.0 Å². The van der Waals surface area contributed by atoms with Crippen molar-refractivity contribution in [3.05, 3.63) is 17.3 Å². The number of nitrogens with one attached hydrogen (secondary N) is 1. The van der Waals surface area contributed by atoms with Gasteiger partial charge in [0.25, 0.3) is 11.8 Å².